The van der Waals surface area contributed by atoms with Crippen LogP contribution in [0.2, 0.25) is 0 Å². The molecule has 2 aromatic carbocycles. The highest BCUT2D eigenvalue weighted by Crippen LogP contribution is 2.30. The maximum Gasteiger partial charge on any atom is 0.342 e. The summed E-state index contributed by atoms with van der Waals surface area (Å²) < 4.78 is 28.5. The second kappa shape index (κ2) is 7.45. The smallest absolute Gasteiger partial charge is 0.342 e. The molecule has 0 aliphatic heterocycles. The van der Waals surface area contributed by atoms with Gasteiger partial charge in [-0.25, -0.2) is 9.18 Å². The average molecular weight is 316 g/mol. The lowest BCUT2D eigenvalue weighted by Gasteiger charge is -2.12. The number of methoxy groups -OCH3 is 3. The van der Waals surface area contributed by atoms with Gasteiger partial charge in [-0.3, -0.25) is 0 Å². The van der Waals surface area contributed by atoms with Gasteiger partial charge in [0, 0.05) is 6.07 Å². The Bertz CT molecular complexity index is 738. The highest BCUT2D eigenvalue weighted by molar-refractivity contribution is 5.98. The number of ether oxygens (including phenoxy) is 3. The van der Waals surface area contributed by atoms with Gasteiger partial charge in [-0.2, -0.15) is 0 Å². The summed E-state index contributed by atoms with van der Waals surface area (Å²) >= 11 is 0. The van der Waals surface area contributed by atoms with Crippen LogP contribution in [0.1, 0.15) is 21.5 Å². The van der Waals surface area contributed by atoms with Crippen molar-refractivity contribution in [3.05, 3.63) is 58.9 Å². The van der Waals surface area contributed by atoms with Crippen molar-refractivity contribution in [2.75, 3.05) is 21.3 Å². The minimum Gasteiger partial charge on any atom is -0.497 e. The molecule has 0 atom stereocenters. The third-order valence-electron chi connectivity index (χ3n) is 3.26. The Morgan fingerprint density at radius 3 is 2.43 bits per heavy atom. The number of esters is 1. The van der Waals surface area contributed by atoms with Crippen LogP contribution < -0.4 is 9.47 Å². The van der Waals surface area contributed by atoms with E-state index >= 15 is 0 Å². The third-order valence-corrected chi connectivity index (χ3v) is 3.26. The molecule has 0 saturated carbocycles. The molecular formula is C18H17FO4. The molecule has 0 saturated heterocycles. The van der Waals surface area contributed by atoms with Crippen molar-refractivity contribution in [1.29, 1.82) is 0 Å². The summed E-state index contributed by atoms with van der Waals surface area (Å²) in [6, 6.07) is 9.42. The van der Waals surface area contributed by atoms with Gasteiger partial charge in [0.1, 0.15) is 22.9 Å². The largest absolute Gasteiger partial charge is 0.497 e. The van der Waals surface area contributed by atoms with E-state index < -0.39 is 5.97 Å². The maximum atomic E-state index is 13.2. The van der Waals surface area contributed by atoms with Gasteiger partial charge in [-0.1, -0.05) is 24.3 Å². The van der Waals surface area contributed by atoms with E-state index in [1.165, 1.54) is 33.5 Å². The number of hydrogen-bond donors (Lipinski definition) is 0. The number of hydrogen-bond acceptors (Lipinski definition) is 4. The van der Waals surface area contributed by atoms with Crippen LogP contribution in [0.3, 0.4) is 0 Å². The van der Waals surface area contributed by atoms with Crippen molar-refractivity contribution >= 4 is 18.1 Å². The van der Waals surface area contributed by atoms with E-state index in [1.54, 1.807) is 36.4 Å². The zero-order chi connectivity index (χ0) is 16.8. The lowest BCUT2D eigenvalue weighted by atomic mass is 10.0. The van der Waals surface area contributed by atoms with Gasteiger partial charge in [-0.05, 0) is 29.3 Å². The zero-order valence-corrected chi connectivity index (χ0v) is 13.1. The Morgan fingerprint density at radius 2 is 1.83 bits per heavy atom. The molecule has 2 aromatic rings. The molecule has 120 valence electrons. The second-order valence-corrected chi connectivity index (χ2v) is 4.67. The van der Waals surface area contributed by atoms with E-state index in [0.29, 0.717) is 22.6 Å². The van der Waals surface area contributed by atoms with Crippen molar-refractivity contribution < 1.29 is 23.4 Å². The van der Waals surface area contributed by atoms with Gasteiger partial charge in [0.15, 0.2) is 0 Å². The highest BCUT2D eigenvalue weighted by Gasteiger charge is 2.18. The molecule has 0 N–H and O–H groups in total. The Labute approximate surface area is 134 Å². The Kier molecular flexibility index (Phi) is 5.36. The fraction of sp³-hybridized carbons (Fsp3) is 0.167. The van der Waals surface area contributed by atoms with Crippen LogP contribution >= 0.6 is 0 Å². The Morgan fingerprint density at radius 1 is 1.04 bits per heavy atom. The molecule has 0 amide bonds. The van der Waals surface area contributed by atoms with Gasteiger partial charge in [0.2, 0.25) is 0 Å². The zero-order valence-electron chi connectivity index (χ0n) is 13.1. The van der Waals surface area contributed by atoms with Gasteiger partial charge in [0.05, 0.1) is 21.3 Å². The van der Waals surface area contributed by atoms with Crippen molar-refractivity contribution in [1.82, 2.24) is 0 Å². The molecule has 0 fully saturated rings. The molecule has 0 bridgehead atoms. The predicted molar refractivity (Wildman–Crippen MR) is 86.2 cm³/mol. The minimum atomic E-state index is -0.525. The molecule has 5 heteroatoms. The number of benzene rings is 2. The summed E-state index contributed by atoms with van der Waals surface area (Å²) in [5.41, 5.74) is 1.50. The minimum absolute atomic E-state index is 0.281. The summed E-state index contributed by atoms with van der Waals surface area (Å²) in [5, 5.41) is 0. The first-order chi connectivity index (χ1) is 11.1. The number of rotatable bonds is 5. The molecule has 0 spiro atoms. The average Bonchev–Trinajstić information content (AvgIpc) is 2.58. The van der Waals surface area contributed by atoms with Gasteiger partial charge in [-0.15, -0.1) is 0 Å². The maximum absolute atomic E-state index is 13.2. The van der Waals surface area contributed by atoms with Crippen LogP contribution in [-0.4, -0.2) is 27.3 Å². The summed E-state index contributed by atoms with van der Waals surface area (Å²) in [4.78, 5) is 12.0. The molecule has 0 aliphatic carbocycles. The number of carbonyl (C=O) groups is 1. The first-order valence-corrected chi connectivity index (χ1v) is 6.87. The molecule has 0 aromatic heterocycles. The van der Waals surface area contributed by atoms with E-state index in [4.69, 9.17) is 14.2 Å². The van der Waals surface area contributed by atoms with Crippen LogP contribution in [0.4, 0.5) is 4.39 Å². The summed E-state index contributed by atoms with van der Waals surface area (Å²) in [6.07, 6.45) is 3.38. The molecular weight excluding hydrogens is 299 g/mol. The SMILES string of the molecule is COC(=O)c1c(/C=C/c2cccc(F)c2)cc(OC)cc1OC. The predicted octanol–water partition coefficient (Wildman–Crippen LogP) is 3.80. The second-order valence-electron chi connectivity index (χ2n) is 4.67. The van der Waals surface area contributed by atoms with E-state index in [9.17, 15) is 9.18 Å². The highest BCUT2D eigenvalue weighted by atomic mass is 19.1. The van der Waals surface area contributed by atoms with Crippen LogP contribution in [-0.2, 0) is 4.74 Å². The van der Waals surface area contributed by atoms with Gasteiger partial charge < -0.3 is 14.2 Å². The van der Waals surface area contributed by atoms with Crippen LogP contribution in [0, 0.1) is 5.82 Å². The molecule has 2 rings (SSSR count). The summed E-state index contributed by atoms with van der Waals surface area (Å²) in [6.45, 7) is 0. The van der Waals surface area contributed by atoms with Crippen molar-refractivity contribution in [3.8, 4) is 11.5 Å². The fourth-order valence-electron chi connectivity index (χ4n) is 2.14. The van der Waals surface area contributed by atoms with E-state index in [1.807, 2.05) is 0 Å². The van der Waals surface area contributed by atoms with E-state index in [0.717, 1.165) is 0 Å². The van der Waals surface area contributed by atoms with Crippen molar-refractivity contribution in [2.24, 2.45) is 0 Å². The molecule has 0 unspecified atom stereocenters. The van der Waals surface area contributed by atoms with Crippen molar-refractivity contribution in [2.45, 2.75) is 0 Å². The molecule has 0 radical (unpaired) electrons. The van der Waals surface area contributed by atoms with E-state index in [-0.39, 0.29) is 11.4 Å². The first kappa shape index (κ1) is 16.5. The molecule has 4 nitrogen and oxygen atoms in total. The standard InChI is InChI=1S/C18H17FO4/c1-21-15-10-13(8-7-12-5-4-6-14(19)9-12)17(18(20)23-3)16(11-15)22-2/h4-11H,1-3H3/b8-7+. The third kappa shape index (κ3) is 3.88. The summed E-state index contributed by atoms with van der Waals surface area (Å²) in [5.74, 6) is 0.0236. The molecule has 0 aliphatic rings. The quantitative estimate of drug-likeness (QED) is 0.622. The van der Waals surface area contributed by atoms with Crippen molar-refractivity contribution in [3.63, 3.8) is 0 Å². The lowest BCUT2D eigenvalue weighted by molar-refractivity contribution is 0.0597. The van der Waals surface area contributed by atoms with Crippen LogP contribution in [0.15, 0.2) is 36.4 Å². The van der Waals surface area contributed by atoms with E-state index in [2.05, 4.69) is 0 Å². The molecule has 0 heterocycles. The molecule has 23 heavy (non-hydrogen) atoms. The number of carbonyl (C=O) groups excluding carboxylic acids is 1. The monoisotopic (exact) mass is 316 g/mol. The van der Waals surface area contributed by atoms with Crippen LogP contribution in [0.25, 0.3) is 12.2 Å². The number of halogens is 1. The fourth-order valence-corrected chi connectivity index (χ4v) is 2.14. The Hall–Kier alpha value is -2.82. The summed E-state index contributed by atoms with van der Waals surface area (Å²) in [7, 11) is 4.28. The topological polar surface area (TPSA) is 44.8 Å². The Balaban J connectivity index is 2.52. The normalized spacial score (nSPS) is 10.6. The first-order valence-electron chi connectivity index (χ1n) is 6.87. The van der Waals surface area contributed by atoms with Gasteiger partial charge in [0.25, 0.3) is 0 Å². The van der Waals surface area contributed by atoms with Gasteiger partial charge >= 0.3 is 5.97 Å². The van der Waals surface area contributed by atoms with Crippen LogP contribution in [0.5, 0.6) is 11.5 Å². The lowest BCUT2D eigenvalue weighted by Crippen LogP contribution is -2.07.